The number of benzene rings is 1. The van der Waals surface area contributed by atoms with Crippen molar-refractivity contribution in [2.75, 3.05) is 13.1 Å². The number of nitrogens with zero attached hydrogens (tertiary/aromatic N) is 3. The number of hydrogen-bond acceptors (Lipinski definition) is 2. The zero-order valence-corrected chi connectivity index (χ0v) is 14.2. The van der Waals surface area contributed by atoms with Crippen LogP contribution in [-0.2, 0) is 4.79 Å². The zero-order valence-electron chi connectivity index (χ0n) is 14.2. The number of hydrogen-bond donors (Lipinski definition) is 0. The second-order valence-corrected chi connectivity index (χ2v) is 6.64. The number of rotatable bonds is 4. The Balaban J connectivity index is 1.78. The quantitative estimate of drug-likeness (QED) is 0.655. The monoisotopic (exact) mass is 355 g/mol. The third kappa shape index (κ3) is 2.96. The van der Waals surface area contributed by atoms with Gasteiger partial charge in [0.05, 0.1) is 11.2 Å². The maximum absolute atomic E-state index is 12.8. The first-order chi connectivity index (χ1) is 12.7. The lowest BCUT2D eigenvalue weighted by molar-refractivity contribution is -0.119. The minimum Gasteiger partial charge on any atom is -0.345 e. The number of carbonyl (C=O) groups is 1. The second kappa shape index (κ2) is 6.86. The van der Waals surface area contributed by atoms with Crippen LogP contribution >= 0.6 is 0 Å². The Hall–Kier alpha value is -2.76. The van der Waals surface area contributed by atoms with E-state index in [4.69, 9.17) is 4.98 Å². The third-order valence-electron chi connectivity index (χ3n) is 4.98. The summed E-state index contributed by atoms with van der Waals surface area (Å²) in [7, 11) is 0. The van der Waals surface area contributed by atoms with Crippen molar-refractivity contribution in [1.82, 2.24) is 14.3 Å². The molecule has 0 radical (unpaired) electrons. The SMILES string of the molecule is O=CN1CCCC(c2nc(-c3ccc(C(F)F)cc3)c3ccccn23)C1. The highest BCUT2D eigenvalue weighted by Crippen LogP contribution is 2.32. The Morgan fingerprint density at radius 1 is 1.15 bits per heavy atom. The van der Waals surface area contributed by atoms with Crippen molar-refractivity contribution in [3.63, 3.8) is 0 Å². The number of pyridine rings is 1. The van der Waals surface area contributed by atoms with Gasteiger partial charge in [0.2, 0.25) is 6.41 Å². The van der Waals surface area contributed by atoms with Gasteiger partial charge in [-0.15, -0.1) is 0 Å². The average molecular weight is 355 g/mol. The van der Waals surface area contributed by atoms with Crippen LogP contribution in [0.3, 0.4) is 0 Å². The Kier molecular flexibility index (Phi) is 4.41. The van der Waals surface area contributed by atoms with Crippen molar-refractivity contribution in [2.45, 2.75) is 25.2 Å². The molecule has 0 bridgehead atoms. The van der Waals surface area contributed by atoms with Crippen molar-refractivity contribution in [2.24, 2.45) is 0 Å². The largest absolute Gasteiger partial charge is 0.345 e. The van der Waals surface area contributed by atoms with Gasteiger partial charge in [0.15, 0.2) is 0 Å². The van der Waals surface area contributed by atoms with E-state index in [0.29, 0.717) is 6.54 Å². The van der Waals surface area contributed by atoms with Gasteiger partial charge >= 0.3 is 0 Å². The summed E-state index contributed by atoms with van der Waals surface area (Å²) in [5, 5.41) is 0. The summed E-state index contributed by atoms with van der Waals surface area (Å²) in [4.78, 5) is 17.8. The number of carbonyl (C=O) groups excluding carboxylic acids is 1. The van der Waals surface area contributed by atoms with Crippen molar-refractivity contribution in [1.29, 1.82) is 0 Å². The first-order valence-electron chi connectivity index (χ1n) is 8.72. The van der Waals surface area contributed by atoms with E-state index in [9.17, 15) is 13.6 Å². The van der Waals surface area contributed by atoms with Crippen LogP contribution in [0.5, 0.6) is 0 Å². The molecule has 1 aliphatic heterocycles. The van der Waals surface area contributed by atoms with Crippen LogP contribution in [0.1, 0.15) is 36.6 Å². The second-order valence-electron chi connectivity index (χ2n) is 6.64. The normalized spacial score (nSPS) is 17.8. The number of alkyl halides is 2. The molecule has 0 aliphatic carbocycles. The van der Waals surface area contributed by atoms with E-state index >= 15 is 0 Å². The fourth-order valence-corrected chi connectivity index (χ4v) is 3.66. The molecule has 0 N–H and O–H groups in total. The number of piperidine rings is 1. The van der Waals surface area contributed by atoms with Crippen LogP contribution in [0.15, 0.2) is 48.7 Å². The van der Waals surface area contributed by atoms with Crippen LogP contribution in [0.4, 0.5) is 8.78 Å². The lowest BCUT2D eigenvalue weighted by Crippen LogP contribution is -2.33. The third-order valence-corrected chi connectivity index (χ3v) is 4.98. The molecule has 0 saturated carbocycles. The summed E-state index contributed by atoms with van der Waals surface area (Å²) in [5.74, 6) is 1.08. The van der Waals surface area contributed by atoms with Crippen LogP contribution < -0.4 is 0 Å². The maximum atomic E-state index is 12.8. The van der Waals surface area contributed by atoms with Crippen LogP contribution in [0.25, 0.3) is 16.8 Å². The van der Waals surface area contributed by atoms with E-state index in [1.165, 1.54) is 12.1 Å². The van der Waals surface area contributed by atoms with Gasteiger partial charge in [-0.25, -0.2) is 13.8 Å². The summed E-state index contributed by atoms with van der Waals surface area (Å²) < 4.78 is 27.7. The zero-order chi connectivity index (χ0) is 18.1. The lowest BCUT2D eigenvalue weighted by atomic mass is 9.97. The van der Waals surface area contributed by atoms with Gasteiger partial charge in [0.1, 0.15) is 5.82 Å². The molecule has 26 heavy (non-hydrogen) atoms. The molecule has 4 rings (SSSR count). The molecule has 1 atom stereocenters. The summed E-state index contributed by atoms with van der Waals surface area (Å²) in [6, 6.07) is 12.1. The van der Waals surface area contributed by atoms with E-state index in [-0.39, 0.29) is 11.5 Å². The van der Waals surface area contributed by atoms with Gasteiger partial charge in [-0.3, -0.25) is 4.79 Å². The molecule has 0 spiro atoms. The van der Waals surface area contributed by atoms with Crippen molar-refractivity contribution >= 4 is 11.9 Å². The Bertz CT molecular complexity index is 920. The molecule has 1 aromatic carbocycles. The first-order valence-corrected chi connectivity index (χ1v) is 8.72. The molecule has 2 aromatic heterocycles. The van der Waals surface area contributed by atoms with E-state index in [2.05, 4.69) is 4.40 Å². The number of aromatic nitrogens is 2. The molecule has 1 saturated heterocycles. The van der Waals surface area contributed by atoms with Gasteiger partial charge in [-0.1, -0.05) is 30.3 Å². The van der Waals surface area contributed by atoms with Crippen molar-refractivity contribution in [3.05, 3.63) is 60.0 Å². The minimum atomic E-state index is -2.48. The molecule has 1 amide bonds. The lowest BCUT2D eigenvalue weighted by Gasteiger charge is -2.29. The number of imidazole rings is 1. The predicted octanol–water partition coefficient (Wildman–Crippen LogP) is 4.27. The smallest absolute Gasteiger partial charge is 0.263 e. The predicted molar refractivity (Wildman–Crippen MR) is 95.2 cm³/mol. The number of amides is 1. The molecule has 1 aliphatic rings. The maximum Gasteiger partial charge on any atom is 0.263 e. The number of halogens is 2. The van der Waals surface area contributed by atoms with Crippen LogP contribution in [0.2, 0.25) is 0 Å². The highest BCUT2D eigenvalue weighted by Gasteiger charge is 2.25. The minimum absolute atomic E-state index is 0.00592. The van der Waals surface area contributed by atoms with Crippen LogP contribution in [0, 0.1) is 0 Å². The van der Waals surface area contributed by atoms with E-state index in [0.717, 1.165) is 48.4 Å². The number of likely N-dealkylation sites (tertiary alicyclic amines) is 1. The molecule has 6 heteroatoms. The van der Waals surface area contributed by atoms with E-state index in [1.807, 2.05) is 24.4 Å². The molecule has 3 heterocycles. The molecule has 3 aromatic rings. The van der Waals surface area contributed by atoms with Gasteiger partial charge in [0.25, 0.3) is 6.43 Å². The van der Waals surface area contributed by atoms with Gasteiger partial charge < -0.3 is 9.30 Å². The average Bonchev–Trinajstić information content (AvgIpc) is 3.08. The highest BCUT2D eigenvalue weighted by atomic mass is 19.3. The topological polar surface area (TPSA) is 37.6 Å². The standard InChI is InChI=1S/C20H19F2N3O/c21-19(22)15-8-6-14(7-9-15)18-17-5-1-2-11-25(17)20(23-18)16-4-3-10-24(12-16)13-26/h1-2,5-9,11,13,16,19H,3-4,10,12H2. The molecule has 1 unspecified atom stereocenters. The van der Waals surface area contributed by atoms with Gasteiger partial charge in [-0.2, -0.15) is 0 Å². The van der Waals surface area contributed by atoms with E-state index in [1.54, 1.807) is 17.0 Å². The Labute approximate surface area is 150 Å². The van der Waals surface area contributed by atoms with Gasteiger partial charge in [-0.05, 0) is 25.0 Å². The Morgan fingerprint density at radius 3 is 2.69 bits per heavy atom. The van der Waals surface area contributed by atoms with Crippen molar-refractivity contribution in [3.8, 4) is 11.3 Å². The molecule has 1 fully saturated rings. The Morgan fingerprint density at radius 2 is 1.96 bits per heavy atom. The highest BCUT2D eigenvalue weighted by molar-refractivity contribution is 5.78. The van der Waals surface area contributed by atoms with E-state index < -0.39 is 6.43 Å². The van der Waals surface area contributed by atoms with Gasteiger partial charge in [0, 0.05) is 36.3 Å². The first kappa shape index (κ1) is 16.7. The number of fused-ring (bicyclic) bond motifs is 1. The molecular weight excluding hydrogens is 336 g/mol. The summed E-state index contributed by atoms with van der Waals surface area (Å²) in [6.45, 7) is 1.44. The fourth-order valence-electron chi connectivity index (χ4n) is 3.66. The van der Waals surface area contributed by atoms with Crippen molar-refractivity contribution < 1.29 is 13.6 Å². The fraction of sp³-hybridized carbons (Fsp3) is 0.300. The molecule has 134 valence electrons. The van der Waals surface area contributed by atoms with Crippen LogP contribution in [-0.4, -0.2) is 33.8 Å². The molecule has 4 nitrogen and oxygen atoms in total. The summed E-state index contributed by atoms with van der Waals surface area (Å²) >= 11 is 0. The summed E-state index contributed by atoms with van der Waals surface area (Å²) in [6.07, 6.45) is 2.31. The molecular formula is C20H19F2N3O. The summed E-state index contributed by atoms with van der Waals surface area (Å²) in [5.41, 5.74) is 2.54.